The van der Waals surface area contributed by atoms with Gasteiger partial charge in [-0.25, -0.2) is 18.5 Å². The molecule has 0 aliphatic carbocycles. The third kappa shape index (κ3) is 3.49. The SMILES string of the molecule is CCC(C)Oc1ccc(S(N)(=O)=O)cn1. The first-order valence-corrected chi connectivity index (χ1v) is 6.13. The maximum atomic E-state index is 10.9. The van der Waals surface area contributed by atoms with E-state index in [2.05, 4.69) is 4.98 Å². The van der Waals surface area contributed by atoms with Crippen LogP contribution in [0.2, 0.25) is 0 Å². The summed E-state index contributed by atoms with van der Waals surface area (Å²) in [6, 6.07) is 2.87. The van der Waals surface area contributed by atoms with Crippen LogP contribution in [0, 0.1) is 0 Å². The summed E-state index contributed by atoms with van der Waals surface area (Å²) >= 11 is 0. The predicted octanol–water partition coefficient (Wildman–Crippen LogP) is 0.906. The summed E-state index contributed by atoms with van der Waals surface area (Å²) < 4.78 is 27.2. The first-order valence-electron chi connectivity index (χ1n) is 4.59. The van der Waals surface area contributed by atoms with Crippen molar-refractivity contribution in [3.05, 3.63) is 18.3 Å². The third-order valence-electron chi connectivity index (χ3n) is 1.93. The standard InChI is InChI=1S/C9H14N2O3S/c1-3-7(2)14-9-5-4-8(6-11-9)15(10,12)13/h4-7H,3H2,1-2H3,(H2,10,12,13). The minimum atomic E-state index is -3.67. The number of hydrogen-bond donors (Lipinski definition) is 1. The van der Waals surface area contributed by atoms with Crippen molar-refractivity contribution in [3.8, 4) is 5.88 Å². The van der Waals surface area contributed by atoms with E-state index in [1.54, 1.807) is 0 Å². The average Bonchev–Trinajstić information content (AvgIpc) is 2.17. The highest BCUT2D eigenvalue weighted by molar-refractivity contribution is 7.89. The molecule has 1 aromatic rings. The monoisotopic (exact) mass is 230 g/mol. The summed E-state index contributed by atoms with van der Waals surface area (Å²) in [6.45, 7) is 3.90. The van der Waals surface area contributed by atoms with Gasteiger partial charge in [0.2, 0.25) is 15.9 Å². The van der Waals surface area contributed by atoms with Gasteiger partial charge >= 0.3 is 0 Å². The molecule has 15 heavy (non-hydrogen) atoms. The Morgan fingerprint density at radius 1 is 1.53 bits per heavy atom. The molecule has 0 aliphatic heterocycles. The van der Waals surface area contributed by atoms with Crippen LogP contribution >= 0.6 is 0 Å². The number of ether oxygens (including phenoxy) is 1. The second kappa shape index (κ2) is 4.59. The Morgan fingerprint density at radius 3 is 2.60 bits per heavy atom. The van der Waals surface area contributed by atoms with E-state index < -0.39 is 10.0 Å². The zero-order chi connectivity index (χ0) is 11.5. The number of rotatable bonds is 4. The molecule has 84 valence electrons. The van der Waals surface area contributed by atoms with Gasteiger partial charge < -0.3 is 4.74 Å². The van der Waals surface area contributed by atoms with Crippen LogP contribution < -0.4 is 9.88 Å². The smallest absolute Gasteiger partial charge is 0.239 e. The molecule has 0 saturated carbocycles. The quantitative estimate of drug-likeness (QED) is 0.833. The fourth-order valence-corrected chi connectivity index (χ4v) is 1.35. The minimum absolute atomic E-state index is 0.0148. The molecule has 6 heteroatoms. The molecule has 1 atom stereocenters. The van der Waals surface area contributed by atoms with E-state index in [0.29, 0.717) is 5.88 Å². The fraction of sp³-hybridized carbons (Fsp3) is 0.444. The molecule has 1 unspecified atom stereocenters. The van der Waals surface area contributed by atoms with E-state index in [1.165, 1.54) is 18.3 Å². The lowest BCUT2D eigenvalue weighted by Crippen LogP contribution is -2.13. The van der Waals surface area contributed by atoms with Crippen molar-refractivity contribution in [2.75, 3.05) is 0 Å². The summed E-state index contributed by atoms with van der Waals surface area (Å²) in [5.41, 5.74) is 0. The number of hydrogen-bond acceptors (Lipinski definition) is 4. The molecular formula is C9H14N2O3S. The van der Waals surface area contributed by atoms with Crippen molar-refractivity contribution < 1.29 is 13.2 Å². The Bertz CT molecular complexity index is 413. The topological polar surface area (TPSA) is 82.3 Å². The summed E-state index contributed by atoms with van der Waals surface area (Å²) in [6.07, 6.45) is 2.10. The molecule has 1 aromatic heterocycles. The molecule has 2 N–H and O–H groups in total. The van der Waals surface area contributed by atoms with Gasteiger partial charge in [0.15, 0.2) is 0 Å². The Morgan fingerprint density at radius 2 is 2.20 bits per heavy atom. The van der Waals surface area contributed by atoms with E-state index in [1.807, 2.05) is 13.8 Å². The van der Waals surface area contributed by atoms with Gasteiger partial charge in [-0.15, -0.1) is 0 Å². The highest BCUT2D eigenvalue weighted by Crippen LogP contribution is 2.12. The van der Waals surface area contributed by atoms with E-state index in [4.69, 9.17) is 9.88 Å². The average molecular weight is 230 g/mol. The van der Waals surface area contributed by atoms with E-state index >= 15 is 0 Å². The van der Waals surface area contributed by atoms with Crippen LogP contribution in [0.15, 0.2) is 23.2 Å². The molecule has 1 heterocycles. The first kappa shape index (κ1) is 11.9. The molecule has 0 spiro atoms. The van der Waals surface area contributed by atoms with Crippen molar-refractivity contribution in [2.24, 2.45) is 5.14 Å². The van der Waals surface area contributed by atoms with Gasteiger partial charge in [0.1, 0.15) is 4.90 Å². The molecule has 0 bridgehead atoms. The molecule has 0 aliphatic rings. The summed E-state index contributed by atoms with van der Waals surface area (Å²) in [5, 5.41) is 4.93. The van der Waals surface area contributed by atoms with Gasteiger partial charge in [0, 0.05) is 6.07 Å². The van der Waals surface area contributed by atoms with Crippen LogP contribution in [0.3, 0.4) is 0 Å². The van der Waals surface area contributed by atoms with Gasteiger partial charge in [0.25, 0.3) is 0 Å². The van der Waals surface area contributed by atoms with Gasteiger partial charge in [-0.05, 0) is 19.4 Å². The van der Waals surface area contributed by atoms with Crippen LogP contribution in [-0.4, -0.2) is 19.5 Å². The van der Waals surface area contributed by atoms with Crippen LogP contribution in [0.5, 0.6) is 5.88 Å². The molecule has 1 rings (SSSR count). The number of primary sulfonamides is 1. The van der Waals surface area contributed by atoms with Crippen molar-refractivity contribution in [1.82, 2.24) is 4.98 Å². The summed E-state index contributed by atoms with van der Waals surface area (Å²) in [7, 11) is -3.67. The molecule has 5 nitrogen and oxygen atoms in total. The predicted molar refractivity (Wildman–Crippen MR) is 56.0 cm³/mol. The summed E-state index contributed by atoms with van der Waals surface area (Å²) in [5.74, 6) is 0.400. The zero-order valence-electron chi connectivity index (χ0n) is 8.67. The maximum absolute atomic E-state index is 10.9. The van der Waals surface area contributed by atoms with Crippen LogP contribution in [-0.2, 0) is 10.0 Å². The number of nitrogens with zero attached hydrogens (tertiary/aromatic N) is 1. The lowest BCUT2D eigenvalue weighted by molar-refractivity contribution is 0.208. The van der Waals surface area contributed by atoms with Crippen molar-refractivity contribution in [2.45, 2.75) is 31.3 Å². The second-order valence-electron chi connectivity index (χ2n) is 3.21. The highest BCUT2D eigenvalue weighted by Gasteiger charge is 2.08. The molecule has 0 fully saturated rings. The largest absolute Gasteiger partial charge is 0.475 e. The molecule has 0 amide bonds. The maximum Gasteiger partial charge on any atom is 0.239 e. The lowest BCUT2D eigenvalue weighted by atomic mass is 10.3. The van der Waals surface area contributed by atoms with Crippen molar-refractivity contribution in [3.63, 3.8) is 0 Å². The third-order valence-corrected chi connectivity index (χ3v) is 2.83. The Labute approximate surface area is 89.3 Å². The zero-order valence-corrected chi connectivity index (χ0v) is 9.49. The van der Waals surface area contributed by atoms with Crippen LogP contribution in [0.25, 0.3) is 0 Å². The van der Waals surface area contributed by atoms with Gasteiger partial charge in [-0.2, -0.15) is 0 Å². The highest BCUT2D eigenvalue weighted by atomic mass is 32.2. The van der Waals surface area contributed by atoms with E-state index in [0.717, 1.165) is 6.42 Å². The van der Waals surface area contributed by atoms with Crippen LogP contribution in [0.4, 0.5) is 0 Å². The number of aromatic nitrogens is 1. The molecule has 0 radical (unpaired) electrons. The van der Waals surface area contributed by atoms with E-state index in [-0.39, 0.29) is 11.0 Å². The number of sulfonamides is 1. The Balaban J connectivity index is 2.82. The van der Waals surface area contributed by atoms with Gasteiger partial charge in [0.05, 0.1) is 12.3 Å². The van der Waals surface area contributed by atoms with Crippen LogP contribution in [0.1, 0.15) is 20.3 Å². The lowest BCUT2D eigenvalue weighted by Gasteiger charge is -2.11. The van der Waals surface area contributed by atoms with Gasteiger partial charge in [-0.1, -0.05) is 6.92 Å². The van der Waals surface area contributed by atoms with E-state index in [9.17, 15) is 8.42 Å². The van der Waals surface area contributed by atoms with Crippen molar-refractivity contribution >= 4 is 10.0 Å². The summed E-state index contributed by atoms with van der Waals surface area (Å²) in [4.78, 5) is 3.84. The fourth-order valence-electron chi connectivity index (χ4n) is 0.894. The second-order valence-corrected chi connectivity index (χ2v) is 4.78. The Kier molecular flexibility index (Phi) is 3.65. The Hall–Kier alpha value is -1.14. The molecular weight excluding hydrogens is 216 g/mol. The first-order chi connectivity index (χ1) is 6.93. The van der Waals surface area contributed by atoms with Crippen molar-refractivity contribution in [1.29, 1.82) is 0 Å². The number of pyridine rings is 1. The molecule has 0 aromatic carbocycles. The number of nitrogens with two attached hydrogens (primary N) is 1. The van der Waals surface area contributed by atoms with Gasteiger partial charge in [-0.3, -0.25) is 0 Å². The normalized spacial score (nSPS) is 13.5. The molecule has 0 saturated heterocycles. The minimum Gasteiger partial charge on any atom is -0.475 e.